The number of oxime groups is 1. The molecular weight excluding hydrogens is 252 g/mol. The monoisotopic (exact) mass is 280 g/mol. The molecule has 20 heavy (non-hydrogen) atoms. The van der Waals surface area contributed by atoms with E-state index in [9.17, 15) is 5.11 Å². The summed E-state index contributed by atoms with van der Waals surface area (Å²) in [5.74, 6) is 0. The first-order valence-corrected chi connectivity index (χ1v) is 8.08. The molecule has 0 aromatic carbocycles. The SMILES string of the molecule is OC(CO/N=C/C=C1CCCCC1)CN1CCCCC1. The van der Waals surface area contributed by atoms with Crippen molar-refractivity contribution < 1.29 is 9.94 Å². The molecule has 2 rings (SSSR count). The molecule has 1 atom stereocenters. The molecule has 1 unspecified atom stereocenters. The van der Waals surface area contributed by atoms with Crippen molar-refractivity contribution in [3.05, 3.63) is 11.6 Å². The predicted molar refractivity (Wildman–Crippen MR) is 81.9 cm³/mol. The minimum Gasteiger partial charge on any atom is -0.393 e. The van der Waals surface area contributed by atoms with Gasteiger partial charge in [0.25, 0.3) is 0 Å². The van der Waals surface area contributed by atoms with E-state index < -0.39 is 6.10 Å². The van der Waals surface area contributed by atoms with Gasteiger partial charge in [-0.15, -0.1) is 0 Å². The topological polar surface area (TPSA) is 45.1 Å². The Morgan fingerprint density at radius 2 is 1.80 bits per heavy atom. The highest BCUT2D eigenvalue weighted by molar-refractivity contribution is 5.71. The summed E-state index contributed by atoms with van der Waals surface area (Å²) in [5.41, 5.74) is 1.47. The number of β-amino-alcohol motifs (C(OH)–C–C–N with tert-alkyl or cyclic N) is 1. The van der Waals surface area contributed by atoms with E-state index in [4.69, 9.17) is 4.84 Å². The van der Waals surface area contributed by atoms with Gasteiger partial charge in [-0.25, -0.2) is 0 Å². The Morgan fingerprint density at radius 3 is 2.55 bits per heavy atom. The zero-order chi connectivity index (χ0) is 14.0. The molecule has 0 aromatic rings. The molecule has 2 fully saturated rings. The van der Waals surface area contributed by atoms with Crippen LogP contribution in [0.3, 0.4) is 0 Å². The van der Waals surface area contributed by atoms with Crippen LogP contribution < -0.4 is 0 Å². The van der Waals surface area contributed by atoms with Crippen molar-refractivity contribution in [2.75, 3.05) is 26.2 Å². The Hall–Kier alpha value is -0.870. The van der Waals surface area contributed by atoms with Crippen LogP contribution in [0.15, 0.2) is 16.8 Å². The van der Waals surface area contributed by atoms with Crippen LogP contribution in [0.2, 0.25) is 0 Å². The number of hydrogen-bond donors (Lipinski definition) is 1. The van der Waals surface area contributed by atoms with Gasteiger partial charge in [-0.05, 0) is 57.7 Å². The highest BCUT2D eigenvalue weighted by atomic mass is 16.6. The standard InChI is InChI=1S/C16H28N2O2/c19-16(13-18-11-5-2-6-12-18)14-20-17-10-9-15-7-3-1-4-8-15/h9-10,16,19H,1-8,11-14H2/b17-10+. The van der Waals surface area contributed by atoms with Gasteiger partial charge in [0, 0.05) is 6.54 Å². The molecule has 4 heteroatoms. The first kappa shape index (κ1) is 15.5. The second kappa shape index (κ2) is 9.14. The smallest absolute Gasteiger partial charge is 0.144 e. The molecule has 1 aliphatic carbocycles. The van der Waals surface area contributed by atoms with Crippen molar-refractivity contribution >= 4 is 6.21 Å². The Kier molecular flexibility index (Phi) is 7.09. The molecule has 1 saturated carbocycles. The van der Waals surface area contributed by atoms with E-state index in [-0.39, 0.29) is 6.61 Å². The maximum atomic E-state index is 9.89. The number of aliphatic hydroxyl groups is 1. The average Bonchev–Trinajstić information content (AvgIpc) is 2.49. The molecule has 0 bridgehead atoms. The van der Waals surface area contributed by atoms with Crippen molar-refractivity contribution in [1.29, 1.82) is 0 Å². The van der Waals surface area contributed by atoms with Crippen LogP contribution in [0.4, 0.5) is 0 Å². The van der Waals surface area contributed by atoms with Gasteiger partial charge >= 0.3 is 0 Å². The van der Waals surface area contributed by atoms with Gasteiger partial charge in [-0.2, -0.15) is 0 Å². The third-order valence-corrected chi connectivity index (χ3v) is 4.13. The first-order chi connectivity index (χ1) is 9.84. The van der Waals surface area contributed by atoms with Crippen molar-refractivity contribution in [2.24, 2.45) is 5.16 Å². The van der Waals surface area contributed by atoms with E-state index in [1.165, 1.54) is 56.9 Å². The lowest BCUT2D eigenvalue weighted by molar-refractivity contribution is 0.0164. The Morgan fingerprint density at radius 1 is 1.10 bits per heavy atom. The number of aliphatic hydroxyl groups excluding tert-OH is 1. The van der Waals surface area contributed by atoms with E-state index in [1.54, 1.807) is 6.21 Å². The number of hydrogen-bond acceptors (Lipinski definition) is 4. The van der Waals surface area contributed by atoms with Crippen molar-refractivity contribution in [2.45, 2.75) is 57.5 Å². The van der Waals surface area contributed by atoms with Crippen LogP contribution in [-0.4, -0.2) is 48.6 Å². The summed E-state index contributed by atoms with van der Waals surface area (Å²) in [5, 5.41) is 13.8. The lowest BCUT2D eigenvalue weighted by Crippen LogP contribution is -2.37. The summed E-state index contributed by atoms with van der Waals surface area (Å²) >= 11 is 0. The third-order valence-electron chi connectivity index (χ3n) is 4.13. The first-order valence-electron chi connectivity index (χ1n) is 8.08. The van der Waals surface area contributed by atoms with Crippen molar-refractivity contribution in [3.63, 3.8) is 0 Å². The van der Waals surface area contributed by atoms with Gasteiger partial charge in [0.05, 0.1) is 6.21 Å². The molecule has 4 nitrogen and oxygen atoms in total. The lowest BCUT2D eigenvalue weighted by Gasteiger charge is -2.27. The quantitative estimate of drug-likeness (QED) is 0.601. The molecule has 1 N–H and O–H groups in total. The molecule has 0 amide bonds. The van der Waals surface area contributed by atoms with Crippen LogP contribution in [0.1, 0.15) is 51.4 Å². The number of likely N-dealkylation sites (tertiary alicyclic amines) is 1. The Balaban J connectivity index is 1.57. The summed E-state index contributed by atoms with van der Waals surface area (Å²) in [6.07, 6.45) is 13.5. The van der Waals surface area contributed by atoms with E-state index in [0.29, 0.717) is 6.54 Å². The van der Waals surface area contributed by atoms with E-state index in [2.05, 4.69) is 16.1 Å². The second-order valence-electron chi connectivity index (χ2n) is 5.95. The van der Waals surface area contributed by atoms with Gasteiger partial charge in [0.2, 0.25) is 0 Å². The minimum absolute atomic E-state index is 0.288. The largest absolute Gasteiger partial charge is 0.393 e. The van der Waals surface area contributed by atoms with E-state index >= 15 is 0 Å². The van der Waals surface area contributed by atoms with Gasteiger partial charge in [0.15, 0.2) is 0 Å². The fourth-order valence-electron chi connectivity index (χ4n) is 2.97. The average molecular weight is 280 g/mol. The van der Waals surface area contributed by atoms with Crippen LogP contribution in [0.25, 0.3) is 0 Å². The number of nitrogens with zero attached hydrogens (tertiary/aromatic N) is 2. The fraction of sp³-hybridized carbons (Fsp3) is 0.812. The maximum Gasteiger partial charge on any atom is 0.144 e. The molecule has 0 aromatic heterocycles. The van der Waals surface area contributed by atoms with E-state index in [1.807, 2.05) is 0 Å². The third kappa shape index (κ3) is 6.06. The zero-order valence-electron chi connectivity index (χ0n) is 12.5. The van der Waals surface area contributed by atoms with Gasteiger partial charge < -0.3 is 14.8 Å². The van der Waals surface area contributed by atoms with Gasteiger partial charge in [0.1, 0.15) is 12.7 Å². The van der Waals surface area contributed by atoms with Crippen LogP contribution in [0.5, 0.6) is 0 Å². The predicted octanol–water partition coefficient (Wildman–Crippen LogP) is 2.73. The normalized spacial score (nSPS) is 22.9. The molecule has 1 heterocycles. The molecule has 1 saturated heterocycles. The Bertz CT molecular complexity index is 314. The molecule has 114 valence electrons. The van der Waals surface area contributed by atoms with Crippen LogP contribution in [0, 0.1) is 0 Å². The molecule has 0 radical (unpaired) electrons. The zero-order valence-corrected chi connectivity index (χ0v) is 12.5. The summed E-state index contributed by atoms with van der Waals surface area (Å²) < 4.78 is 0. The highest BCUT2D eigenvalue weighted by Gasteiger charge is 2.14. The van der Waals surface area contributed by atoms with E-state index in [0.717, 1.165) is 13.1 Å². The van der Waals surface area contributed by atoms with Gasteiger partial charge in [-0.3, -0.25) is 0 Å². The lowest BCUT2D eigenvalue weighted by atomic mass is 9.95. The molecule has 0 spiro atoms. The molecular formula is C16H28N2O2. The van der Waals surface area contributed by atoms with Crippen LogP contribution in [-0.2, 0) is 4.84 Å². The number of piperidine rings is 1. The fourth-order valence-corrected chi connectivity index (χ4v) is 2.97. The summed E-state index contributed by atoms with van der Waals surface area (Å²) in [7, 11) is 0. The minimum atomic E-state index is -0.437. The Labute approximate surface area is 122 Å². The van der Waals surface area contributed by atoms with Crippen molar-refractivity contribution in [1.82, 2.24) is 4.90 Å². The van der Waals surface area contributed by atoms with Crippen molar-refractivity contribution in [3.8, 4) is 0 Å². The summed E-state index contributed by atoms with van der Waals surface area (Å²) in [6.45, 7) is 3.20. The van der Waals surface area contributed by atoms with Crippen LogP contribution >= 0.6 is 0 Å². The summed E-state index contributed by atoms with van der Waals surface area (Å²) in [4.78, 5) is 7.49. The molecule has 1 aliphatic heterocycles. The summed E-state index contributed by atoms with van der Waals surface area (Å²) in [6, 6.07) is 0. The molecule has 2 aliphatic rings. The maximum absolute atomic E-state index is 9.89. The second-order valence-corrected chi connectivity index (χ2v) is 5.95. The highest BCUT2D eigenvalue weighted by Crippen LogP contribution is 2.21. The number of rotatable bonds is 6. The number of allylic oxidation sites excluding steroid dienone is 2. The van der Waals surface area contributed by atoms with Gasteiger partial charge in [-0.1, -0.05) is 23.6 Å².